The van der Waals surface area contributed by atoms with E-state index >= 15 is 0 Å². The maximum atomic E-state index is 10.7. The molecule has 0 radical (unpaired) electrons. The first kappa shape index (κ1) is 11.5. The van der Waals surface area contributed by atoms with Crippen LogP contribution < -0.4 is 0 Å². The van der Waals surface area contributed by atoms with Gasteiger partial charge in [0.1, 0.15) is 0 Å². The minimum Gasteiger partial charge on any atom is -0.481 e. The fourth-order valence-corrected chi connectivity index (χ4v) is 2.59. The van der Waals surface area contributed by atoms with Crippen LogP contribution in [0.5, 0.6) is 0 Å². The molecule has 0 heterocycles. The van der Waals surface area contributed by atoms with E-state index in [9.17, 15) is 4.79 Å². The predicted molar refractivity (Wildman–Crippen MR) is 57.2 cm³/mol. The topological polar surface area (TPSA) is 37.3 Å². The summed E-state index contributed by atoms with van der Waals surface area (Å²) in [4.78, 5) is 10.7. The highest BCUT2D eigenvalue weighted by atomic mass is 16.4. The molecule has 14 heavy (non-hydrogen) atoms. The van der Waals surface area contributed by atoms with Crippen molar-refractivity contribution in [2.24, 2.45) is 17.8 Å². The lowest BCUT2D eigenvalue weighted by Gasteiger charge is -2.29. The Morgan fingerprint density at radius 1 is 1.43 bits per heavy atom. The smallest absolute Gasteiger partial charge is 0.306 e. The van der Waals surface area contributed by atoms with Crippen LogP contribution in [0.15, 0.2) is 0 Å². The van der Waals surface area contributed by atoms with E-state index < -0.39 is 5.97 Å². The van der Waals surface area contributed by atoms with Crippen LogP contribution in [-0.4, -0.2) is 11.1 Å². The van der Waals surface area contributed by atoms with E-state index in [-0.39, 0.29) is 5.92 Å². The van der Waals surface area contributed by atoms with Crippen molar-refractivity contribution < 1.29 is 9.90 Å². The Morgan fingerprint density at radius 2 is 2.07 bits per heavy atom. The molecule has 1 aliphatic carbocycles. The summed E-state index contributed by atoms with van der Waals surface area (Å²) in [5.41, 5.74) is 0. The van der Waals surface area contributed by atoms with Crippen molar-refractivity contribution >= 4 is 5.97 Å². The van der Waals surface area contributed by atoms with Gasteiger partial charge in [0.05, 0.1) is 5.92 Å². The van der Waals surface area contributed by atoms with Gasteiger partial charge in [-0.1, -0.05) is 39.5 Å². The van der Waals surface area contributed by atoms with Gasteiger partial charge in [0, 0.05) is 0 Å². The number of carbonyl (C=O) groups is 1. The monoisotopic (exact) mass is 198 g/mol. The molecular weight excluding hydrogens is 176 g/mol. The molecular formula is C12H22O2. The molecule has 0 aromatic rings. The Kier molecular flexibility index (Phi) is 4.43. The first-order valence-electron chi connectivity index (χ1n) is 5.86. The summed E-state index contributed by atoms with van der Waals surface area (Å²) in [6, 6.07) is 0. The number of rotatable bonds is 4. The number of carboxylic acids is 1. The summed E-state index contributed by atoms with van der Waals surface area (Å²) in [5.74, 6) is 0.730. The van der Waals surface area contributed by atoms with E-state index in [4.69, 9.17) is 5.11 Å². The van der Waals surface area contributed by atoms with Crippen LogP contribution in [0.4, 0.5) is 0 Å². The van der Waals surface area contributed by atoms with Crippen LogP contribution in [0, 0.1) is 17.8 Å². The third-order valence-corrected chi connectivity index (χ3v) is 3.58. The molecule has 0 spiro atoms. The summed E-state index contributed by atoms with van der Waals surface area (Å²) in [6.45, 7) is 4.07. The Morgan fingerprint density at radius 3 is 2.64 bits per heavy atom. The molecule has 1 aliphatic rings. The first-order chi connectivity index (χ1) is 6.63. The SMILES string of the molecule is CCC1CCCC(CC(C)C(=O)O)C1. The molecule has 2 heteroatoms. The maximum Gasteiger partial charge on any atom is 0.306 e. The van der Waals surface area contributed by atoms with Gasteiger partial charge in [-0.3, -0.25) is 4.79 Å². The third-order valence-electron chi connectivity index (χ3n) is 3.58. The predicted octanol–water partition coefficient (Wildman–Crippen LogP) is 3.31. The summed E-state index contributed by atoms with van der Waals surface area (Å²) in [5, 5.41) is 8.84. The zero-order valence-corrected chi connectivity index (χ0v) is 9.33. The Bertz CT molecular complexity index is 189. The average Bonchev–Trinajstić information content (AvgIpc) is 2.18. The lowest BCUT2D eigenvalue weighted by Crippen LogP contribution is -2.20. The van der Waals surface area contributed by atoms with Crippen molar-refractivity contribution in [2.45, 2.75) is 52.4 Å². The minimum absolute atomic E-state index is 0.157. The summed E-state index contributed by atoms with van der Waals surface area (Å²) >= 11 is 0. The van der Waals surface area contributed by atoms with Gasteiger partial charge in [-0.2, -0.15) is 0 Å². The molecule has 1 rings (SSSR count). The molecule has 3 unspecified atom stereocenters. The van der Waals surface area contributed by atoms with Crippen molar-refractivity contribution in [3.05, 3.63) is 0 Å². The fraction of sp³-hybridized carbons (Fsp3) is 0.917. The molecule has 0 aromatic heterocycles. The molecule has 82 valence electrons. The van der Waals surface area contributed by atoms with E-state index in [1.807, 2.05) is 6.92 Å². The molecule has 1 fully saturated rings. The van der Waals surface area contributed by atoms with Gasteiger partial charge >= 0.3 is 5.97 Å². The molecule has 1 N–H and O–H groups in total. The van der Waals surface area contributed by atoms with Gasteiger partial charge in [-0.05, 0) is 24.7 Å². The van der Waals surface area contributed by atoms with Crippen LogP contribution >= 0.6 is 0 Å². The zero-order valence-electron chi connectivity index (χ0n) is 9.33. The summed E-state index contributed by atoms with van der Waals surface area (Å²) in [6.07, 6.45) is 7.30. The number of hydrogen-bond acceptors (Lipinski definition) is 1. The largest absolute Gasteiger partial charge is 0.481 e. The molecule has 1 saturated carbocycles. The van der Waals surface area contributed by atoms with Gasteiger partial charge in [-0.25, -0.2) is 0 Å². The van der Waals surface area contributed by atoms with Crippen LogP contribution in [0.1, 0.15) is 52.4 Å². The van der Waals surface area contributed by atoms with Crippen molar-refractivity contribution in [3.63, 3.8) is 0 Å². The van der Waals surface area contributed by atoms with E-state index in [0.717, 1.165) is 12.3 Å². The third kappa shape index (κ3) is 3.32. The first-order valence-corrected chi connectivity index (χ1v) is 5.86. The summed E-state index contributed by atoms with van der Waals surface area (Å²) in [7, 11) is 0. The zero-order chi connectivity index (χ0) is 10.6. The molecule has 0 amide bonds. The molecule has 0 aliphatic heterocycles. The van der Waals surface area contributed by atoms with Gasteiger partial charge < -0.3 is 5.11 Å². The van der Waals surface area contributed by atoms with Crippen LogP contribution in [-0.2, 0) is 4.79 Å². The van der Waals surface area contributed by atoms with Crippen LogP contribution in [0.2, 0.25) is 0 Å². The highest BCUT2D eigenvalue weighted by Gasteiger charge is 2.24. The van der Waals surface area contributed by atoms with Crippen molar-refractivity contribution in [2.75, 3.05) is 0 Å². The lowest BCUT2D eigenvalue weighted by atomic mass is 9.77. The highest BCUT2D eigenvalue weighted by molar-refractivity contribution is 5.69. The van der Waals surface area contributed by atoms with Gasteiger partial charge in [0.25, 0.3) is 0 Å². The van der Waals surface area contributed by atoms with E-state index in [0.29, 0.717) is 5.92 Å². The Hall–Kier alpha value is -0.530. The second-order valence-corrected chi connectivity index (χ2v) is 4.78. The van der Waals surface area contributed by atoms with Crippen molar-refractivity contribution in [1.82, 2.24) is 0 Å². The normalized spacial score (nSPS) is 29.9. The molecule has 0 aromatic carbocycles. The summed E-state index contributed by atoms with van der Waals surface area (Å²) < 4.78 is 0. The fourth-order valence-electron chi connectivity index (χ4n) is 2.59. The van der Waals surface area contributed by atoms with Crippen LogP contribution in [0.25, 0.3) is 0 Å². The molecule has 2 nitrogen and oxygen atoms in total. The Labute approximate surface area is 86.7 Å². The highest BCUT2D eigenvalue weighted by Crippen LogP contribution is 2.34. The quantitative estimate of drug-likeness (QED) is 0.752. The van der Waals surface area contributed by atoms with E-state index in [2.05, 4.69) is 6.92 Å². The lowest BCUT2D eigenvalue weighted by molar-refractivity contribution is -0.141. The minimum atomic E-state index is -0.636. The standard InChI is InChI=1S/C12H22O2/c1-3-10-5-4-6-11(8-10)7-9(2)12(13)14/h9-11H,3-8H2,1-2H3,(H,13,14). The Balaban J connectivity index is 2.33. The van der Waals surface area contributed by atoms with Gasteiger partial charge in [-0.15, -0.1) is 0 Å². The molecule has 0 saturated heterocycles. The van der Waals surface area contributed by atoms with Crippen LogP contribution in [0.3, 0.4) is 0 Å². The number of carboxylic acid groups (broad SMARTS) is 1. The van der Waals surface area contributed by atoms with Crippen molar-refractivity contribution in [3.8, 4) is 0 Å². The van der Waals surface area contributed by atoms with Crippen molar-refractivity contribution in [1.29, 1.82) is 0 Å². The second kappa shape index (κ2) is 5.38. The van der Waals surface area contributed by atoms with E-state index in [1.165, 1.54) is 32.1 Å². The second-order valence-electron chi connectivity index (χ2n) is 4.78. The molecule has 0 bridgehead atoms. The average molecular weight is 198 g/mol. The van der Waals surface area contributed by atoms with Gasteiger partial charge in [0.15, 0.2) is 0 Å². The number of aliphatic carboxylic acids is 1. The van der Waals surface area contributed by atoms with E-state index in [1.54, 1.807) is 0 Å². The maximum absolute atomic E-state index is 10.7. The number of hydrogen-bond donors (Lipinski definition) is 1. The molecule has 3 atom stereocenters. The van der Waals surface area contributed by atoms with Gasteiger partial charge in [0.2, 0.25) is 0 Å².